The van der Waals surface area contributed by atoms with Gasteiger partial charge in [0.1, 0.15) is 0 Å². The molecule has 0 N–H and O–H groups in total. The van der Waals surface area contributed by atoms with Gasteiger partial charge in [-0.25, -0.2) is 0 Å². The number of rotatable bonds is 2. The highest BCUT2D eigenvalue weighted by Crippen LogP contribution is 2.33. The molecule has 0 saturated carbocycles. The van der Waals surface area contributed by atoms with Crippen molar-refractivity contribution in [1.82, 2.24) is 4.57 Å². The molecule has 0 unspecified atom stereocenters. The summed E-state index contributed by atoms with van der Waals surface area (Å²) >= 11 is 0. The van der Waals surface area contributed by atoms with Gasteiger partial charge in [0, 0.05) is 23.6 Å². The summed E-state index contributed by atoms with van der Waals surface area (Å²) in [5, 5.41) is 6.38. The largest absolute Gasteiger partial charge is 0.344 e. The molecular weight excluding hydrogens is 362 g/mol. The molecule has 6 aromatic rings. The zero-order valence-electron chi connectivity index (χ0n) is 16.8. The van der Waals surface area contributed by atoms with Crippen molar-refractivity contribution in [3.05, 3.63) is 109 Å². The molecule has 1 heterocycles. The van der Waals surface area contributed by atoms with Gasteiger partial charge in [0.05, 0.1) is 0 Å². The molecule has 0 atom stereocenters. The maximum Gasteiger partial charge on any atom is 0.0488 e. The predicted octanol–water partition coefficient (Wildman–Crippen LogP) is 7.82. The quantitative estimate of drug-likeness (QED) is 0.287. The van der Waals surface area contributed by atoms with Crippen molar-refractivity contribution in [3.63, 3.8) is 0 Å². The Morgan fingerprint density at radius 2 is 0.933 bits per heavy atom. The Bertz CT molecular complexity index is 1550. The lowest BCUT2D eigenvalue weighted by Gasteiger charge is -2.07. The Morgan fingerprint density at radius 3 is 1.60 bits per heavy atom. The van der Waals surface area contributed by atoms with Crippen LogP contribution in [0.5, 0.6) is 0 Å². The predicted molar refractivity (Wildman–Crippen MR) is 129 cm³/mol. The van der Waals surface area contributed by atoms with Crippen LogP contribution in [0.1, 0.15) is 0 Å². The van der Waals surface area contributed by atoms with Gasteiger partial charge in [0.15, 0.2) is 0 Å². The minimum Gasteiger partial charge on any atom is -0.344 e. The molecule has 30 heavy (non-hydrogen) atoms. The van der Waals surface area contributed by atoms with E-state index in [1.165, 1.54) is 54.8 Å². The van der Waals surface area contributed by atoms with Crippen molar-refractivity contribution in [3.8, 4) is 22.4 Å². The molecule has 5 aromatic carbocycles. The molecular formula is C29H21N. The average molecular weight is 383 g/mol. The van der Waals surface area contributed by atoms with Crippen molar-refractivity contribution in [1.29, 1.82) is 0 Å². The summed E-state index contributed by atoms with van der Waals surface area (Å²) in [6.07, 6.45) is 0. The zero-order valence-corrected chi connectivity index (χ0v) is 16.8. The van der Waals surface area contributed by atoms with Gasteiger partial charge in [-0.2, -0.15) is 0 Å². The van der Waals surface area contributed by atoms with E-state index in [2.05, 4.69) is 121 Å². The molecule has 0 fully saturated rings. The molecule has 0 aliphatic heterocycles. The second kappa shape index (κ2) is 6.60. The van der Waals surface area contributed by atoms with Crippen LogP contribution >= 0.6 is 0 Å². The second-order valence-corrected chi connectivity index (χ2v) is 7.99. The summed E-state index contributed by atoms with van der Waals surface area (Å²) in [4.78, 5) is 0. The van der Waals surface area contributed by atoms with Crippen LogP contribution in [0.4, 0.5) is 0 Å². The normalized spacial score (nSPS) is 11.5. The van der Waals surface area contributed by atoms with Crippen LogP contribution in [0.15, 0.2) is 109 Å². The van der Waals surface area contributed by atoms with Crippen LogP contribution in [0.25, 0.3) is 54.8 Å². The van der Waals surface area contributed by atoms with Crippen LogP contribution in [-0.4, -0.2) is 4.57 Å². The summed E-state index contributed by atoms with van der Waals surface area (Å²) in [5.41, 5.74) is 6.25. The van der Waals surface area contributed by atoms with Crippen molar-refractivity contribution < 1.29 is 0 Å². The van der Waals surface area contributed by atoms with E-state index in [1.807, 2.05) is 0 Å². The summed E-state index contributed by atoms with van der Waals surface area (Å²) in [6.45, 7) is 0. The third kappa shape index (κ3) is 2.71. The highest BCUT2D eigenvalue weighted by Gasteiger charge is 2.10. The molecule has 0 radical (unpaired) electrons. The Labute approximate surface area is 175 Å². The van der Waals surface area contributed by atoms with Crippen molar-refractivity contribution >= 4 is 32.4 Å². The molecule has 0 aliphatic rings. The van der Waals surface area contributed by atoms with Crippen LogP contribution in [-0.2, 0) is 7.05 Å². The monoisotopic (exact) mass is 383 g/mol. The first kappa shape index (κ1) is 17.1. The number of aryl methyl sites for hydroxylation is 1. The smallest absolute Gasteiger partial charge is 0.0488 e. The first-order chi connectivity index (χ1) is 14.8. The van der Waals surface area contributed by atoms with Gasteiger partial charge < -0.3 is 4.57 Å². The fourth-order valence-corrected chi connectivity index (χ4v) is 4.52. The highest BCUT2D eigenvalue weighted by atomic mass is 14.9. The first-order valence-corrected chi connectivity index (χ1v) is 10.3. The molecule has 1 nitrogen and oxygen atoms in total. The third-order valence-electron chi connectivity index (χ3n) is 6.17. The van der Waals surface area contributed by atoms with Crippen LogP contribution < -0.4 is 0 Å². The standard InChI is InChI=1S/C29H21N/c1-30-28-15-14-25(24-12-10-20-6-2-4-8-22(20)16-24)18-27(28)19-29(30)26-13-11-21-7-3-5-9-23(21)17-26/h2-19H,1H3. The van der Waals surface area contributed by atoms with Gasteiger partial charge in [0.25, 0.3) is 0 Å². The number of benzene rings is 5. The third-order valence-corrected chi connectivity index (χ3v) is 6.17. The zero-order chi connectivity index (χ0) is 20.1. The van der Waals surface area contributed by atoms with E-state index in [1.54, 1.807) is 0 Å². The Hall–Kier alpha value is -3.84. The van der Waals surface area contributed by atoms with Crippen LogP contribution in [0, 0.1) is 0 Å². The van der Waals surface area contributed by atoms with Gasteiger partial charge in [-0.15, -0.1) is 0 Å². The van der Waals surface area contributed by atoms with Gasteiger partial charge in [-0.3, -0.25) is 0 Å². The van der Waals surface area contributed by atoms with E-state index < -0.39 is 0 Å². The molecule has 0 aliphatic carbocycles. The summed E-state index contributed by atoms with van der Waals surface area (Å²) in [5.74, 6) is 0. The molecule has 6 rings (SSSR count). The Balaban J connectivity index is 1.48. The van der Waals surface area contributed by atoms with Crippen molar-refractivity contribution in [2.24, 2.45) is 7.05 Å². The average Bonchev–Trinajstić information content (AvgIpc) is 3.14. The molecule has 0 bridgehead atoms. The molecule has 1 heteroatoms. The molecule has 0 amide bonds. The minimum absolute atomic E-state index is 1.24. The maximum absolute atomic E-state index is 2.31. The number of nitrogens with zero attached hydrogens (tertiary/aromatic N) is 1. The number of fused-ring (bicyclic) bond motifs is 3. The second-order valence-electron chi connectivity index (χ2n) is 7.99. The fourth-order valence-electron chi connectivity index (χ4n) is 4.52. The first-order valence-electron chi connectivity index (χ1n) is 10.3. The van der Waals surface area contributed by atoms with Gasteiger partial charge in [0.2, 0.25) is 0 Å². The van der Waals surface area contributed by atoms with Gasteiger partial charge >= 0.3 is 0 Å². The lowest BCUT2D eigenvalue weighted by atomic mass is 10.00. The Kier molecular flexibility index (Phi) is 3.75. The van der Waals surface area contributed by atoms with Gasteiger partial charge in [-0.05, 0) is 68.6 Å². The van der Waals surface area contributed by atoms with Crippen LogP contribution in [0.2, 0.25) is 0 Å². The van der Waals surface area contributed by atoms with E-state index >= 15 is 0 Å². The van der Waals surface area contributed by atoms with Crippen LogP contribution in [0.3, 0.4) is 0 Å². The highest BCUT2D eigenvalue weighted by molar-refractivity contribution is 5.94. The maximum atomic E-state index is 2.31. The van der Waals surface area contributed by atoms with Gasteiger partial charge in [-0.1, -0.05) is 78.9 Å². The summed E-state index contributed by atoms with van der Waals surface area (Å²) in [6, 6.07) is 39.6. The van der Waals surface area contributed by atoms with Crippen molar-refractivity contribution in [2.45, 2.75) is 0 Å². The van der Waals surface area contributed by atoms with E-state index in [9.17, 15) is 0 Å². The fraction of sp³-hybridized carbons (Fsp3) is 0.0345. The Morgan fingerprint density at radius 1 is 0.433 bits per heavy atom. The summed E-state index contributed by atoms with van der Waals surface area (Å²) < 4.78 is 2.30. The lowest BCUT2D eigenvalue weighted by molar-refractivity contribution is 0.979. The number of hydrogen-bond acceptors (Lipinski definition) is 0. The topological polar surface area (TPSA) is 4.93 Å². The van der Waals surface area contributed by atoms with Crippen molar-refractivity contribution in [2.75, 3.05) is 0 Å². The van der Waals surface area contributed by atoms with E-state index in [-0.39, 0.29) is 0 Å². The lowest BCUT2D eigenvalue weighted by Crippen LogP contribution is -1.91. The SMILES string of the molecule is Cn1c(-c2ccc3ccccc3c2)cc2cc(-c3ccc4ccccc4c3)ccc21. The van der Waals surface area contributed by atoms with E-state index in [0.29, 0.717) is 0 Å². The molecule has 142 valence electrons. The minimum atomic E-state index is 1.24. The molecule has 0 saturated heterocycles. The molecule has 1 aromatic heterocycles. The summed E-state index contributed by atoms with van der Waals surface area (Å²) in [7, 11) is 2.16. The number of hydrogen-bond donors (Lipinski definition) is 0. The van der Waals surface area contributed by atoms with E-state index in [0.717, 1.165) is 0 Å². The van der Waals surface area contributed by atoms with E-state index in [4.69, 9.17) is 0 Å². The molecule has 0 spiro atoms. The number of aromatic nitrogens is 1.